The maximum absolute atomic E-state index is 13.2. The molecule has 1 fully saturated rings. The minimum absolute atomic E-state index is 0.140. The Morgan fingerprint density at radius 3 is 2.48 bits per heavy atom. The van der Waals surface area contributed by atoms with E-state index in [0.717, 1.165) is 36.2 Å². The molecule has 1 aliphatic carbocycles. The summed E-state index contributed by atoms with van der Waals surface area (Å²) >= 11 is 0. The highest BCUT2D eigenvalue weighted by molar-refractivity contribution is 7.89. The van der Waals surface area contributed by atoms with E-state index in [1.54, 1.807) is 22.9 Å². The summed E-state index contributed by atoms with van der Waals surface area (Å²) < 4.78 is 29.5. The van der Waals surface area contributed by atoms with Crippen LogP contribution in [-0.2, 0) is 22.9 Å². The first-order chi connectivity index (χ1) is 15.9. The Hall–Kier alpha value is -3.01. The van der Waals surface area contributed by atoms with Gasteiger partial charge in [0.15, 0.2) is 0 Å². The molecule has 0 atom stereocenters. The van der Waals surface area contributed by atoms with E-state index in [2.05, 4.69) is 10.2 Å². The molecule has 2 aromatic carbocycles. The molecule has 3 aromatic rings. The number of carbonyl (C=O) groups is 1. The number of nitrogens with one attached hydrogen (secondary N) is 1. The molecule has 0 spiro atoms. The van der Waals surface area contributed by atoms with Gasteiger partial charge in [-0.05, 0) is 56.6 Å². The molecule has 8 nitrogen and oxygen atoms in total. The number of sulfonamides is 1. The lowest BCUT2D eigenvalue weighted by Crippen LogP contribution is -2.47. The van der Waals surface area contributed by atoms with Crippen LogP contribution in [0.3, 0.4) is 0 Å². The number of benzene rings is 2. The molecule has 5 rings (SSSR count). The third-order valence-electron chi connectivity index (χ3n) is 6.34. The van der Waals surface area contributed by atoms with E-state index in [9.17, 15) is 13.2 Å². The second kappa shape index (κ2) is 8.74. The van der Waals surface area contributed by atoms with Crippen LogP contribution in [0.2, 0.25) is 0 Å². The quantitative estimate of drug-likeness (QED) is 0.626. The molecule has 0 radical (unpaired) electrons. The lowest BCUT2D eigenvalue weighted by molar-refractivity contribution is 0.102. The molecule has 33 heavy (non-hydrogen) atoms. The van der Waals surface area contributed by atoms with Crippen LogP contribution in [0.5, 0.6) is 0 Å². The molecule has 9 heteroatoms. The van der Waals surface area contributed by atoms with Gasteiger partial charge in [-0.1, -0.05) is 24.3 Å². The SMILES string of the molecule is CN1CCN(S(=O)(=O)c2cccc(C(=O)Nc3c4c(nn3-c3ccccc3)CCC4)c2)CC1. The Morgan fingerprint density at radius 2 is 1.73 bits per heavy atom. The number of piperazine rings is 1. The Balaban J connectivity index is 1.43. The van der Waals surface area contributed by atoms with Gasteiger partial charge in [0, 0.05) is 37.3 Å². The molecular formula is C24H27N5O3S. The van der Waals surface area contributed by atoms with Crippen LogP contribution in [-0.4, -0.2) is 66.5 Å². The van der Waals surface area contributed by atoms with Gasteiger partial charge in [0.2, 0.25) is 10.0 Å². The smallest absolute Gasteiger partial charge is 0.256 e. The highest BCUT2D eigenvalue weighted by Crippen LogP contribution is 2.31. The van der Waals surface area contributed by atoms with E-state index >= 15 is 0 Å². The van der Waals surface area contributed by atoms with E-state index < -0.39 is 10.0 Å². The number of carbonyl (C=O) groups excluding carboxylic acids is 1. The standard InChI is InChI=1S/C24H27N5O3S/c1-27-13-15-28(16-14-27)33(31,32)20-10-5-7-18(17-20)24(30)25-23-21-11-6-12-22(21)26-29(23)19-8-3-2-4-9-19/h2-5,7-10,17H,6,11-16H2,1H3,(H,25,30). The summed E-state index contributed by atoms with van der Waals surface area (Å²) in [7, 11) is -1.68. The molecule has 0 bridgehead atoms. The summed E-state index contributed by atoms with van der Waals surface area (Å²) in [6.45, 7) is 2.26. The number of aryl methyl sites for hydroxylation is 1. The lowest BCUT2D eigenvalue weighted by Gasteiger charge is -2.31. The van der Waals surface area contributed by atoms with Gasteiger partial charge in [0.1, 0.15) is 5.82 Å². The number of aromatic nitrogens is 2. The van der Waals surface area contributed by atoms with Crippen LogP contribution >= 0.6 is 0 Å². The van der Waals surface area contributed by atoms with E-state index in [4.69, 9.17) is 5.10 Å². The lowest BCUT2D eigenvalue weighted by atomic mass is 10.2. The summed E-state index contributed by atoms with van der Waals surface area (Å²) in [5, 5.41) is 7.74. The number of nitrogens with zero attached hydrogens (tertiary/aromatic N) is 4. The van der Waals surface area contributed by atoms with Crippen LogP contribution in [0, 0.1) is 0 Å². The third-order valence-corrected chi connectivity index (χ3v) is 8.23. The average molecular weight is 466 g/mol. The maximum atomic E-state index is 13.2. The number of likely N-dealkylation sites (N-methyl/N-ethyl adjacent to an activating group) is 1. The molecule has 1 saturated heterocycles. The van der Waals surface area contributed by atoms with Crippen molar-refractivity contribution in [3.63, 3.8) is 0 Å². The zero-order chi connectivity index (χ0) is 23.0. The Morgan fingerprint density at radius 1 is 0.970 bits per heavy atom. The first kappa shape index (κ1) is 21.8. The number of amides is 1. The second-order valence-electron chi connectivity index (χ2n) is 8.56. The molecule has 2 heterocycles. The zero-order valence-electron chi connectivity index (χ0n) is 18.6. The first-order valence-corrected chi connectivity index (χ1v) is 12.6. The normalized spacial score (nSPS) is 17.1. The van der Waals surface area contributed by atoms with Gasteiger partial charge in [0.25, 0.3) is 5.91 Å². The van der Waals surface area contributed by atoms with Crippen LogP contribution in [0.1, 0.15) is 28.0 Å². The molecule has 0 saturated carbocycles. The zero-order valence-corrected chi connectivity index (χ0v) is 19.4. The molecule has 1 aromatic heterocycles. The molecule has 2 aliphatic rings. The van der Waals surface area contributed by atoms with Crippen LogP contribution in [0.15, 0.2) is 59.5 Å². The van der Waals surface area contributed by atoms with Crippen molar-refractivity contribution in [1.82, 2.24) is 19.0 Å². The largest absolute Gasteiger partial charge is 0.306 e. The van der Waals surface area contributed by atoms with E-state index in [0.29, 0.717) is 37.6 Å². The fourth-order valence-corrected chi connectivity index (χ4v) is 5.90. The van der Waals surface area contributed by atoms with Crippen molar-refractivity contribution >= 4 is 21.7 Å². The number of para-hydroxylation sites is 1. The first-order valence-electron chi connectivity index (χ1n) is 11.2. The summed E-state index contributed by atoms with van der Waals surface area (Å²) in [6, 6.07) is 16.0. The topological polar surface area (TPSA) is 87.5 Å². The van der Waals surface area contributed by atoms with Crippen LogP contribution < -0.4 is 5.32 Å². The minimum atomic E-state index is -3.66. The molecule has 172 valence electrons. The van der Waals surface area contributed by atoms with Crippen molar-refractivity contribution in [2.45, 2.75) is 24.2 Å². The molecule has 1 aliphatic heterocycles. The number of hydrogen-bond acceptors (Lipinski definition) is 5. The summed E-state index contributed by atoms with van der Waals surface area (Å²) in [5.74, 6) is 0.309. The van der Waals surface area contributed by atoms with Crippen molar-refractivity contribution in [3.05, 3.63) is 71.4 Å². The number of fused-ring (bicyclic) bond motifs is 1. The van der Waals surface area contributed by atoms with Gasteiger partial charge in [-0.25, -0.2) is 13.1 Å². The molecule has 0 unspecified atom stereocenters. The summed E-state index contributed by atoms with van der Waals surface area (Å²) in [6.07, 6.45) is 2.75. The summed E-state index contributed by atoms with van der Waals surface area (Å²) in [5.41, 5.74) is 3.22. The highest BCUT2D eigenvalue weighted by atomic mass is 32.2. The predicted octanol–water partition coefficient (Wildman–Crippen LogP) is 2.55. The van der Waals surface area contributed by atoms with Gasteiger partial charge >= 0.3 is 0 Å². The number of anilines is 1. The van der Waals surface area contributed by atoms with E-state index in [-0.39, 0.29) is 10.8 Å². The Labute approximate surface area is 193 Å². The minimum Gasteiger partial charge on any atom is -0.306 e. The van der Waals surface area contributed by atoms with Crippen molar-refractivity contribution < 1.29 is 13.2 Å². The second-order valence-corrected chi connectivity index (χ2v) is 10.5. The monoisotopic (exact) mass is 465 g/mol. The fourth-order valence-electron chi connectivity index (χ4n) is 4.43. The Kier molecular flexibility index (Phi) is 5.77. The van der Waals surface area contributed by atoms with Gasteiger partial charge in [0.05, 0.1) is 16.3 Å². The molecule has 1 amide bonds. The Bertz CT molecular complexity index is 1280. The van der Waals surface area contributed by atoms with Gasteiger partial charge in [-0.3, -0.25) is 4.79 Å². The molecular weight excluding hydrogens is 438 g/mol. The highest BCUT2D eigenvalue weighted by Gasteiger charge is 2.29. The van der Waals surface area contributed by atoms with Crippen molar-refractivity contribution in [1.29, 1.82) is 0 Å². The van der Waals surface area contributed by atoms with E-state index in [1.165, 1.54) is 10.4 Å². The average Bonchev–Trinajstić information content (AvgIpc) is 3.43. The maximum Gasteiger partial charge on any atom is 0.256 e. The number of hydrogen-bond donors (Lipinski definition) is 1. The van der Waals surface area contributed by atoms with Gasteiger partial charge in [-0.15, -0.1) is 0 Å². The fraction of sp³-hybridized carbons (Fsp3) is 0.333. The summed E-state index contributed by atoms with van der Waals surface area (Å²) in [4.78, 5) is 15.5. The van der Waals surface area contributed by atoms with Gasteiger partial charge in [-0.2, -0.15) is 9.40 Å². The van der Waals surface area contributed by atoms with Gasteiger partial charge < -0.3 is 10.2 Å². The molecule has 1 N–H and O–H groups in total. The van der Waals surface area contributed by atoms with E-state index in [1.807, 2.05) is 37.4 Å². The van der Waals surface area contributed by atoms with Crippen molar-refractivity contribution in [3.8, 4) is 5.69 Å². The van der Waals surface area contributed by atoms with Crippen molar-refractivity contribution in [2.24, 2.45) is 0 Å². The van der Waals surface area contributed by atoms with Crippen LogP contribution in [0.25, 0.3) is 5.69 Å². The predicted molar refractivity (Wildman–Crippen MR) is 126 cm³/mol. The van der Waals surface area contributed by atoms with Crippen LogP contribution in [0.4, 0.5) is 5.82 Å². The van der Waals surface area contributed by atoms with Crippen molar-refractivity contribution in [2.75, 3.05) is 38.5 Å². The third kappa shape index (κ3) is 4.19. The number of rotatable bonds is 5.